The van der Waals surface area contributed by atoms with Crippen LogP contribution in [0.1, 0.15) is 12.1 Å². The van der Waals surface area contributed by atoms with Gasteiger partial charge in [-0.1, -0.05) is 6.07 Å². The highest BCUT2D eigenvalue weighted by atomic mass is 16.5. The van der Waals surface area contributed by atoms with Crippen LogP contribution in [0.2, 0.25) is 0 Å². The number of fused-ring (bicyclic) bond motifs is 1. The summed E-state index contributed by atoms with van der Waals surface area (Å²) in [5, 5.41) is 4.62. The topological polar surface area (TPSA) is 70.4 Å². The van der Waals surface area contributed by atoms with E-state index in [2.05, 4.69) is 16.1 Å². The third-order valence-electron chi connectivity index (χ3n) is 6.35. The van der Waals surface area contributed by atoms with Crippen LogP contribution >= 0.6 is 0 Å². The van der Waals surface area contributed by atoms with E-state index in [-0.39, 0.29) is 24.2 Å². The molecule has 8 heteroatoms. The van der Waals surface area contributed by atoms with Crippen molar-refractivity contribution in [1.29, 1.82) is 0 Å². The van der Waals surface area contributed by atoms with Crippen molar-refractivity contribution in [2.45, 2.75) is 13.0 Å². The van der Waals surface area contributed by atoms with E-state index < -0.39 is 0 Å². The number of methoxy groups -OCH3 is 1. The first-order valence-electron chi connectivity index (χ1n) is 11.0. The molecule has 0 aliphatic carbocycles. The fraction of sp³-hybridized carbons (Fsp3) is 0.375. The van der Waals surface area contributed by atoms with Gasteiger partial charge in [-0.3, -0.25) is 14.5 Å². The highest BCUT2D eigenvalue weighted by Gasteiger charge is 2.38. The lowest BCUT2D eigenvalue weighted by Crippen LogP contribution is -2.50. The number of carbonyl (C=O) groups excluding carboxylic acids is 2. The molecule has 0 radical (unpaired) electrons. The number of carbonyl (C=O) groups is 2. The summed E-state index contributed by atoms with van der Waals surface area (Å²) in [6.07, 6.45) is 2.22. The van der Waals surface area contributed by atoms with Crippen molar-refractivity contribution < 1.29 is 14.3 Å². The highest BCUT2D eigenvalue weighted by Crippen LogP contribution is 2.28. The van der Waals surface area contributed by atoms with Gasteiger partial charge in [-0.2, -0.15) is 5.10 Å². The maximum Gasteiger partial charge on any atom is 0.228 e. The third-order valence-corrected chi connectivity index (χ3v) is 6.35. The largest absolute Gasteiger partial charge is 0.497 e. The van der Waals surface area contributed by atoms with Gasteiger partial charge in [0.2, 0.25) is 11.8 Å². The number of benzene rings is 1. The Hall–Kier alpha value is -3.39. The van der Waals surface area contributed by atoms with E-state index in [4.69, 9.17) is 4.74 Å². The Morgan fingerprint density at radius 1 is 1.09 bits per heavy atom. The molecule has 166 valence electrons. The number of hydrogen-bond acceptors (Lipinski definition) is 5. The van der Waals surface area contributed by atoms with Gasteiger partial charge in [-0.15, -0.1) is 0 Å². The number of nitrogens with zero attached hydrogens (tertiary/aromatic N) is 5. The van der Waals surface area contributed by atoms with Crippen LogP contribution in [0.15, 0.2) is 54.7 Å². The minimum atomic E-state index is -0.283. The Balaban J connectivity index is 1.16. The van der Waals surface area contributed by atoms with Crippen molar-refractivity contribution in [2.24, 2.45) is 5.92 Å². The molecule has 4 heterocycles. The predicted molar refractivity (Wildman–Crippen MR) is 121 cm³/mol. The normalized spacial score (nSPS) is 19.7. The Morgan fingerprint density at radius 2 is 1.88 bits per heavy atom. The first-order chi connectivity index (χ1) is 15.6. The van der Waals surface area contributed by atoms with E-state index in [9.17, 15) is 9.59 Å². The van der Waals surface area contributed by atoms with E-state index in [1.165, 1.54) is 0 Å². The van der Waals surface area contributed by atoms with Gasteiger partial charge in [0.1, 0.15) is 5.75 Å². The van der Waals surface area contributed by atoms with Crippen LogP contribution in [0.3, 0.4) is 0 Å². The molecule has 3 aromatic rings. The number of rotatable bonds is 5. The number of hydrogen-bond donors (Lipinski definition) is 0. The number of amides is 2. The second-order valence-electron chi connectivity index (χ2n) is 8.41. The predicted octanol–water partition coefficient (Wildman–Crippen LogP) is 2.04. The van der Waals surface area contributed by atoms with E-state index in [0.717, 1.165) is 42.3 Å². The molecule has 32 heavy (non-hydrogen) atoms. The molecule has 0 N–H and O–H groups in total. The van der Waals surface area contributed by atoms with Gasteiger partial charge in [-0.05, 0) is 42.5 Å². The third kappa shape index (κ3) is 4.05. The van der Waals surface area contributed by atoms with Gasteiger partial charge < -0.3 is 14.5 Å². The monoisotopic (exact) mass is 433 g/mol. The molecule has 2 fully saturated rings. The van der Waals surface area contributed by atoms with Crippen LogP contribution in [-0.4, -0.2) is 71.1 Å². The molecule has 2 aliphatic rings. The summed E-state index contributed by atoms with van der Waals surface area (Å²) < 4.78 is 7.08. The molecular formula is C24H27N5O3. The van der Waals surface area contributed by atoms with Crippen LogP contribution in [0.5, 0.6) is 5.75 Å². The average Bonchev–Trinajstić information content (AvgIpc) is 3.42. The molecule has 2 amide bonds. The number of anilines is 1. The summed E-state index contributed by atoms with van der Waals surface area (Å²) in [6.45, 7) is 4.19. The lowest BCUT2D eigenvalue weighted by molar-refractivity contribution is -0.137. The second kappa shape index (κ2) is 8.63. The molecule has 2 aromatic heterocycles. The van der Waals surface area contributed by atoms with Gasteiger partial charge in [0.25, 0.3) is 0 Å². The minimum absolute atomic E-state index is 0.000925. The molecule has 1 atom stereocenters. The van der Waals surface area contributed by atoms with Crippen molar-refractivity contribution in [1.82, 2.24) is 19.4 Å². The zero-order valence-electron chi connectivity index (χ0n) is 18.2. The summed E-state index contributed by atoms with van der Waals surface area (Å²) in [4.78, 5) is 31.6. The van der Waals surface area contributed by atoms with Crippen molar-refractivity contribution in [3.8, 4) is 5.75 Å². The second-order valence-corrected chi connectivity index (χ2v) is 8.41. The standard InChI is InChI=1S/C24H27N5O3/c1-32-22-7-5-20(6-8-22)28-16-18(14-23(28)30)24(31)27-12-10-26(11-13-27)17-19-15-21-4-2-3-9-29(21)25-19/h2-9,15,18H,10-14,16-17H2,1H3. The van der Waals surface area contributed by atoms with Crippen molar-refractivity contribution in [3.63, 3.8) is 0 Å². The molecule has 1 unspecified atom stereocenters. The Morgan fingerprint density at radius 3 is 2.59 bits per heavy atom. The van der Waals surface area contributed by atoms with E-state index >= 15 is 0 Å². The van der Waals surface area contributed by atoms with Gasteiger partial charge in [-0.25, -0.2) is 4.52 Å². The number of ether oxygens (including phenoxy) is 1. The lowest BCUT2D eigenvalue weighted by atomic mass is 10.1. The quantitative estimate of drug-likeness (QED) is 0.616. The summed E-state index contributed by atoms with van der Waals surface area (Å²) >= 11 is 0. The molecule has 5 rings (SSSR count). The fourth-order valence-corrected chi connectivity index (χ4v) is 4.57. The van der Waals surface area contributed by atoms with Gasteiger partial charge >= 0.3 is 0 Å². The van der Waals surface area contributed by atoms with E-state index in [1.807, 2.05) is 58.1 Å². The number of aromatic nitrogens is 2. The van der Waals surface area contributed by atoms with E-state index in [1.54, 1.807) is 12.0 Å². The van der Waals surface area contributed by atoms with Gasteiger partial charge in [0, 0.05) is 57.6 Å². The Kier molecular flexibility index (Phi) is 5.53. The Labute approximate surface area is 187 Å². The SMILES string of the molecule is COc1ccc(N2CC(C(=O)N3CCN(Cc4cc5ccccn5n4)CC3)CC2=O)cc1. The highest BCUT2D eigenvalue weighted by molar-refractivity contribution is 6.00. The average molecular weight is 434 g/mol. The molecule has 1 aromatic carbocycles. The number of piperazine rings is 1. The van der Waals surface area contributed by atoms with Crippen molar-refractivity contribution >= 4 is 23.0 Å². The molecular weight excluding hydrogens is 406 g/mol. The van der Waals surface area contributed by atoms with Crippen LogP contribution in [-0.2, 0) is 16.1 Å². The molecule has 2 aliphatic heterocycles. The summed E-state index contributed by atoms with van der Waals surface area (Å²) in [6, 6.07) is 15.5. The molecule has 0 saturated carbocycles. The van der Waals surface area contributed by atoms with Gasteiger partial charge in [0.05, 0.1) is 24.2 Å². The first kappa shape index (κ1) is 20.5. The molecule has 2 saturated heterocycles. The maximum atomic E-state index is 13.1. The number of pyridine rings is 1. The van der Waals surface area contributed by atoms with Gasteiger partial charge in [0.15, 0.2) is 0 Å². The Bertz CT molecular complexity index is 1090. The molecule has 0 bridgehead atoms. The van der Waals surface area contributed by atoms with Crippen molar-refractivity contribution in [2.75, 3.05) is 44.7 Å². The van der Waals surface area contributed by atoms with E-state index in [0.29, 0.717) is 19.6 Å². The smallest absolute Gasteiger partial charge is 0.228 e. The lowest BCUT2D eigenvalue weighted by Gasteiger charge is -2.35. The fourth-order valence-electron chi connectivity index (χ4n) is 4.57. The van der Waals surface area contributed by atoms with Crippen LogP contribution < -0.4 is 9.64 Å². The zero-order chi connectivity index (χ0) is 22.1. The van der Waals surface area contributed by atoms with Crippen LogP contribution in [0.25, 0.3) is 5.52 Å². The molecule has 0 spiro atoms. The summed E-state index contributed by atoms with van der Waals surface area (Å²) in [5.41, 5.74) is 2.93. The zero-order valence-corrected chi connectivity index (χ0v) is 18.2. The first-order valence-corrected chi connectivity index (χ1v) is 11.0. The molecule has 8 nitrogen and oxygen atoms in total. The minimum Gasteiger partial charge on any atom is -0.497 e. The summed E-state index contributed by atoms with van der Waals surface area (Å²) in [7, 11) is 1.61. The van der Waals surface area contributed by atoms with Crippen molar-refractivity contribution in [3.05, 3.63) is 60.4 Å². The van der Waals surface area contributed by atoms with Crippen LogP contribution in [0, 0.1) is 5.92 Å². The van der Waals surface area contributed by atoms with Crippen LogP contribution in [0.4, 0.5) is 5.69 Å². The summed E-state index contributed by atoms with van der Waals surface area (Å²) in [5.74, 6) is 0.546. The maximum absolute atomic E-state index is 13.1.